The lowest BCUT2D eigenvalue weighted by atomic mass is 10.1. The van der Waals surface area contributed by atoms with Gasteiger partial charge in [0, 0.05) is 30.3 Å². The van der Waals surface area contributed by atoms with Gasteiger partial charge in [0.25, 0.3) is 0 Å². The zero-order valence-electron chi connectivity index (χ0n) is 19.9. The molecule has 0 aliphatic rings. The number of sulfone groups is 1. The highest BCUT2D eigenvalue weighted by Gasteiger charge is 2.19. The fraction of sp³-hybridized carbons (Fsp3) is 0.269. The van der Waals surface area contributed by atoms with E-state index in [1.165, 1.54) is 0 Å². The molecule has 35 heavy (non-hydrogen) atoms. The first kappa shape index (κ1) is 24.7. The Labute approximate surface area is 205 Å². The van der Waals surface area contributed by atoms with Crippen molar-refractivity contribution in [2.75, 3.05) is 13.2 Å². The summed E-state index contributed by atoms with van der Waals surface area (Å²) >= 11 is 0. The van der Waals surface area contributed by atoms with E-state index in [9.17, 15) is 8.42 Å². The highest BCUT2D eigenvalue weighted by Crippen LogP contribution is 2.29. The molecule has 182 valence electrons. The van der Waals surface area contributed by atoms with E-state index in [2.05, 4.69) is 15.5 Å². The van der Waals surface area contributed by atoms with Crippen LogP contribution >= 0.6 is 0 Å². The Kier molecular flexibility index (Phi) is 7.39. The van der Waals surface area contributed by atoms with Crippen LogP contribution in [0, 0.1) is 6.92 Å². The molecule has 0 aliphatic heterocycles. The van der Waals surface area contributed by atoms with Crippen LogP contribution in [0.2, 0.25) is 0 Å². The molecule has 8 nitrogen and oxygen atoms in total. The van der Waals surface area contributed by atoms with Gasteiger partial charge in [0.15, 0.2) is 15.6 Å². The molecule has 0 amide bonds. The Balaban J connectivity index is 1.57. The second-order valence-corrected chi connectivity index (χ2v) is 11.0. The first-order chi connectivity index (χ1) is 16.8. The van der Waals surface area contributed by atoms with Gasteiger partial charge in [-0.05, 0) is 38.5 Å². The third kappa shape index (κ3) is 5.48. The van der Waals surface area contributed by atoms with Crippen LogP contribution in [0.4, 0.5) is 0 Å². The molecule has 2 N–H and O–H groups in total. The third-order valence-electron chi connectivity index (χ3n) is 5.67. The van der Waals surface area contributed by atoms with E-state index < -0.39 is 15.1 Å². The standard InChI is InChI=1S/C26H28N4O4S/c1-17(2)35(32,33)22-10-8-21(9-11-22)24-16-28-18(3)26(29-24)25-14-23(30-34-25)20-6-4-19(5-7-20)15-27-12-13-31/h4-11,14,16-17,27,31H,12-13,15H2,1-3H3. The van der Waals surface area contributed by atoms with E-state index in [0.29, 0.717) is 41.6 Å². The van der Waals surface area contributed by atoms with Gasteiger partial charge in [0.2, 0.25) is 0 Å². The van der Waals surface area contributed by atoms with Crippen molar-refractivity contribution in [2.24, 2.45) is 0 Å². The predicted octanol–water partition coefficient (Wildman–Crippen LogP) is 4.04. The average molecular weight is 493 g/mol. The van der Waals surface area contributed by atoms with Crippen LogP contribution in [0.3, 0.4) is 0 Å². The first-order valence-electron chi connectivity index (χ1n) is 11.4. The van der Waals surface area contributed by atoms with E-state index in [1.54, 1.807) is 44.3 Å². The number of aryl methyl sites for hydroxylation is 1. The maximum atomic E-state index is 12.4. The van der Waals surface area contributed by atoms with Crippen molar-refractivity contribution in [2.45, 2.75) is 37.5 Å². The summed E-state index contributed by atoms with van der Waals surface area (Å²) in [6.07, 6.45) is 1.66. The van der Waals surface area contributed by atoms with Crippen LogP contribution in [-0.2, 0) is 16.4 Å². The molecule has 0 radical (unpaired) electrons. The summed E-state index contributed by atoms with van der Waals surface area (Å²) in [7, 11) is -3.34. The lowest BCUT2D eigenvalue weighted by Crippen LogP contribution is -2.17. The number of hydrogen-bond acceptors (Lipinski definition) is 8. The lowest BCUT2D eigenvalue weighted by Gasteiger charge is -2.09. The van der Waals surface area contributed by atoms with Gasteiger partial charge in [0.05, 0.1) is 34.3 Å². The number of nitrogens with one attached hydrogen (secondary N) is 1. The van der Waals surface area contributed by atoms with E-state index in [0.717, 1.165) is 16.7 Å². The molecular formula is C26H28N4O4S. The molecule has 2 aromatic carbocycles. The Morgan fingerprint density at radius 3 is 2.31 bits per heavy atom. The number of aliphatic hydroxyl groups is 1. The molecule has 0 aliphatic carbocycles. The Morgan fingerprint density at radius 1 is 1.00 bits per heavy atom. The van der Waals surface area contributed by atoms with Crippen LogP contribution in [-0.4, -0.2) is 47.1 Å². The second kappa shape index (κ2) is 10.5. The van der Waals surface area contributed by atoms with Crippen LogP contribution in [0.5, 0.6) is 0 Å². The molecule has 0 bridgehead atoms. The van der Waals surface area contributed by atoms with E-state index in [1.807, 2.05) is 37.3 Å². The number of hydrogen-bond donors (Lipinski definition) is 2. The summed E-state index contributed by atoms with van der Waals surface area (Å²) in [5.41, 5.74) is 5.33. The molecule has 0 saturated carbocycles. The normalized spacial score (nSPS) is 11.8. The quantitative estimate of drug-likeness (QED) is 0.336. The zero-order chi connectivity index (χ0) is 25.0. The van der Waals surface area contributed by atoms with Gasteiger partial charge in [-0.1, -0.05) is 41.6 Å². The summed E-state index contributed by atoms with van der Waals surface area (Å²) in [5, 5.41) is 15.7. The lowest BCUT2D eigenvalue weighted by molar-refractivity contribution is 0.292. The average Bonchev–Trinajstić information content (AvgIpc) is 3.35. The Bertz CT molecular complexity index is 1400. The molecule has 0 saturated heterocycles. The number of aliphatic hydroxyl groups excluding tert-OH is 1. The van der Waals surface area contributed by atoms with Crippen molar-refractivity contribution in [1.82, 2.24) is 20.4 Å². The molecule has 2 heterocycles. The van der Waals surface area contributed by atoms with Gasteiger partial charge in [-0.25, -0.2) is 13.4 Å². The zero-order valence-corrected chi connectivity index (χ0v) is 20.7. The Hall–Kier alpha value is -3.40. The highest BCUT2D eigenvalue weighted by molar-refractivity contribution is 7.92. The minimum Gasteiger partial charge on any atom is -0.395 e. The van der Waals surface area contributed by atoms with E-state index >= 15 is 0 Å². The number of rotatable bonds is 9. The summed E-state index contributed by atoms with van der Waals surface area (Å²) in [6.45, 7) is 6.51. The predicted molar refractivity (Wildman–Crippen MR) is 134 cm³/mol. The van der Waals surface area contributed by atoms with Gasteiger partial charge in [0.1, 0.15) is 11.4 Å². The fourth-order valence-electron chi connectivity index (χ4n) is 3.54. The molecule has 0 atom stereocenters. The minimum atomic E-state index is -3.34. The van der Waals surface area contributed by atoms with Gasteiger partial charge >= 0.3 is 0 Å². The van der Waals surface area contributed by atoms with Crippen molar-refractivity contribution in [3.05, 3.63) is 72.1 Å². The topological polar surface area (TPSA) is 118 Å². The van der Waals surface area contributed by atoms with E-state index in [4.69, 9.17) is 14.6 Å². The molecule has 0 spiro atoms. The monoisotopic (exact) mass is 492 g/mol. The summed E-state index contributed by atoms with van der Waals surface area (Å²) in [6, 6.07) is 16.5. The number of benzene rings is 2. The molecule has 4 rings (SSSR count). The molecule has 4 aromatic rings. The fourth-order valence-corrected chi connectivity index (χ4v) is 4.60. The van der Waals surface area contributed by atoms with Crippen LogP contribution < -0.4 is 5.32 Å². The SMILES string of the molecule is Cc1ncc(-c2ccc(S(=O)(=O)C(C)C)cc2)nc1-c1cc(-c2ccc(CNCCO)cc2)no1. The highest BCUT2D eigenvalue weighted by atomic mass is 32.2. The molecular weight excluding hydrogens is 464 g/mol. The molecule has 0 fully saturated rings. The van der Waals surface area contributed by atoms with E-state index in [-0.39, 0.29) is 11.5 Å². The van der Waals surface area contributed by atoms with Crippen LogP contribution in [0.1, 0.15) is 25.1 Å². The number of nitrogens with zero attached hydrogens (tertiary/aromatic N) is 3. The van der Waals surface area contributed by atoms with Crippen molar-refractivity contribution in [1.29, 1.82) is 0 Å². The molecule has 0 unspecified atom stereocenters. The minimum absolute atomic E-state index is 0.106. The maximum Gasteiger partial charge on any atom is 0.187 e. The number of aromatic nitrogens is 3. The molecule has 9 heteroatoms. The van der Waals surface area contributed by atoms with Gasteiger partial charge in [-0.3, -0.25) is 4.98 Å². The smallest absolute Gasteiger partial charge is 0.187 e. The first-order valence-corrected chi connectivity index (χ1v) is 12.9. The van der Waals surface area contributed by atoms with Gasteiger partial charge in [-0.15, -0.1) is 0 Å². The summed E-state index contributed by atoms with van der Waals surface area (Å²) in [4.78, 5) is 9.48. The van der Waals surface area contributed by atoms with Crippen molar-refractivity contribution >= 4 is 9.84 Å². The Morgan fingerprint density at radius 2 is 1.66 bits per heavy atom. The van der Waals surface area contributed by atoms with Crippen LogP contribution in [0.25, 0.3) is 34.0 Å². The van der Waals surface area contributed by atoms with Crippen molar-refractivity contribution < 1.29 is 18.0 Å². The second-order valence-electron chi connectivity index (χ2n) is 8.48. The van der Waals surface area contributed by atoms with Crippen LogP contribution in [0.15, 0.2) is 70.2 Å². The maximum absolute atomic E-state index is 12.4. The largest absolute Gasteiger partial charge is 0.395 e. The summed E-state index contributed by atoms with van der Waals surface area (Å²) in [5.74, 6) is 0.500. The third-order valence-corrected chi connectivity index (χ3v) is 7.84. The van der Waals surface area contributed by atoms with Crippen molar-refractivity contribution in [3.8, 4) is 34.0 Å². The summed E-state index contributed by atoms with van der Waals surface area (Å²) < 4.78 is 30.4. The molecule has 2 aromatic heterocycles. The van der Waals surface area contributed by atoms with Gasteiger partial charge < -0.3 is 14.9 Å². The van der Waals surface area contributed by atoms with Gasteiger partial charge in [-0.2, -0.15) is 0 Å². The van der Waals surface area contributed by atoms with Crippen molar-refractivity contribution in [3.63, 3.8) is 0 Å².